The van der Waals surface area contributed by atoms with Gasteiger partial charge in [-0.3, -0.25) is 0 Å². The quantitative estimate of drug-likeness (QED) is 0.458. The van der Waals surface area contributed by atoms with Crippen LogP contribution in [0.2, 0.25) is 0 Å². The Bertz CT molecular complexity index is 257. The third kappa shape index (κ3) is 0.990. The van der Waals surface area contributed by atoms with Gasteiger partial charge in [-0.1, -0.05) is 18.1 Å². The van der Waals surface area contributed by atoms with Crippen molar-refractivity contribution >= 4 is 0 Å². The fourth-order valence-corrected chi connectivity index (χ4v) is 2.53. The third-order valence-corrected chi connectivity index (χ3v) is 3.29. The second kappa shape index (κ2) is 2.37. The fraction of sp³-hybridized carbons (Fsp3) is 0.636. The highest BCUT2D eigenvalue weighted by Crippen LogP contribution is 2.47. The van der Waals surface area contributed by atoms with Gasteiger partial charge in [-0.25, -0.2) is 0 Å². The molecule has 12 heavy (non-hydrogen) atoms. The van der Waals surface area contributed by atoms with Crippen LogP contribution in [-0.2, 0) is 0 Å². The summed E-state index contributed by atoms with van der Waals surface area (Å²) in [5.74, 6) is 3.99. The van der Waals surface area contributed by atoms with E-state index in [0.717, 1.165) is 6.42 Å². The highest BCUT2D eigenvalue weighted by molar-refractivity contribution is 5.19. The summed E-state index contributed by atoms with van der Waals surface area (Å²) in [7, 11) is 0. The van der Waals surface area contributed by atoms with Crippen LogP contribution < -0.4 is 0 Å². The van der Waals surface area contributed by atoms with E-state index >= 15 is 0 Å². The Balaban J connectivity index is 2.19. The summed E-state index contributed by atoms with van der Waals surface area (Å²) in [6.07, 6.45) is 12.0. The molecule has 0 unspecified atom stereocenters. The van der Waals surface area contributed by atoms with Crippen molar-refractivity contribution in [2.24, 2.45) is 17.8 Å². The van der Waals surface area contributed by atoms with Gasteiger partial charge in [0.05, 0.1) is 0 Å². The van der Waals surface area contributed by atoms with Crippen LogP contribution in [0.3, 0.4) is 0 Å². The Morgan fingerprint density at radius 3 is 2.67 bits per heavy atom. The number of hydrogen-bond donors (Lipinski definition) is 1. The third-order valence-electron chi connectivity index (χ3n) is 3.29. The molecule has 0 heterocycles. The molecule has 64 valence electrons. The summed E-state index contributed by atoms with van der Waals surface area (Å²) < 4.78 is 0. The second-order valence-corrected chi connectivity index (χ2v) is 4.18. The number of terminal acetylenes is 1. The minimum Gasteiger partial charge on any atom is -0.378 e. The molecular weight excluding hydrogens is 148 g/mol. The molecule has 1 heteroatoms. The Labute approximate surface area is 73.5 Å². The van der Waals surface area contributed by atoms with Crippen molar-refractivity contribution in [3.8, 4) is 12.3 Å². The van der Waals surface area contributed by atoms with E-state index in [1.54, 1.807) is 6.92 Å². The van der Waals surface area contributed by atoms with E-state index < -0.39 is 5.60 Å². The molecule has 1 N–H and O–H groups in total. The first kappa shape index (κ1) is 7.89. The van der Waals surface area contributed by atoms with Gasteiger partial charge in [0.1, 0.15) is 5.60 Å². The fourth-order valence-electron chi connectivity index (χ4n) is 2.53. The molecule has 0 aromatic heterocycles. The minimum atomic E-state index is -0.899. The maximum Gasteiger partial charge on any atom is 0.125 e. The SMILES string of the molecule is C#C[C@](C)(O)[C@H]1C[C@H]2C=C[C@@H]1C2. The van der Waals surface area contributed by atoms with Crippen LogP contribution in [0.5, 0.6) is 0 Å². The van der Waals surface area contributed by atoms with E-state index in [-0.39, 0.29) is 5.92 Å². The molecular formula is C11H14O. The number of fused-ring (bicyclic) bond motifs is 2. The highest BCUT2D eigenvalue weighted by Gasteiger charge is 2.44. The maximum absolute atomic E-state index is 9.88. The van der Waals surface area contributed by atoms with Gasteiger partial charge in [-0.2, -0.15) is 0 Å². The van der Waals surface area contributed by atoms with Gasteiger partial charge in [0.15, 0.2) is 0 Å². The van der Waals surface area contributed by atoms with Crippen molar-refractivity contribution in [3.05, 3.63) is 12.2 Å². The van der Waals surface area contributed by atoms with Gasteiger partial charge >= 0.3 is 0 Å². The average molecular weight is 162 g/mol. The molecule has 2 aliphatic rings. The van der Waals surface area contributed by atoms with Crippen molar-refractivity contribution < 1.29 is 5.11 Å². The predicted molar refractivity (Wildman–Crippen MR) is 48.3 cm³/mol. The first-order valence-corrected chi connectivity index (χ1v) is 4.52. The van der Waals surface area contributed by atoms with Gasteiger partial charge in [0, 0.05) is 5.92 Å². The molecule has 0 spiro atoms. The smallest absolute Gasteiger partial charge is 0.125 e. The van der Waals surface area contributed by atoms with Gasteiger partial charge in [-0.05, 0) is 31.6 Å². The summed E-state index contributed by atoms with van der Waals surface area (Å²) in [5, 5.41) is 9.88. The minimum absolute atomic E-state index is 0.289. The van der Waals surface area contributed by atoms with Crippen molar-refractivity contribution in [3.63, 3.8) is 0 Å². The monoisotopic (exact) mass is 162 g/mol. The normalized spacial score (nSPS) is 42.6. The van der Waals surface area contributed by atoms with Crippen molar-refractivity contribution in [2.45, 2.75) is 25.4 Å². The van der Waals surface area contributed by atoms with E-state index in [1.807, 2.05) is 0 Å². The Kier molecular flexibility index (Phi) is 1.56. The van der Waals surface area contributed by atoms with Gasteiger partial charge < -0.3 is 5.11 Å². The number of allylic oxidation sites excluding steroid dienone is 2. The number of hydrogen-bond acceptors (Lipinski definition) is 1. The summed E-state index contributed by atoms with van der Waals surface area (Å²) in [6, 6.07) is 0. The molecule has 1 fully saturated rings. The average Bonchev–Trinajstić information content (AvgIpc) is 2.64. The molecule has 0 aromatic carbocycles. The van der Waals surface area contributed by atoms with E-state index in [1.165, 1.54) is 6.42 Å². The molecule has 4 atom stereocenters. The predicted octanol–water partition coefficient (Wildman–Crippen LogP) is 1.58. The van der Waals surface area contributed by atoms with Crippen molar-refractivity contribution in [2.75, 3.05) is 0 Å². The zero-order valence-corrected chi connectivity index (χ0v) is 7.33. The summed E-state index contributed by atoms with van der Waals surface area (Å²) in [4.78, 5) is 0. The van der Waals surface area contributed by atoms with Crippen LogP contribution in [0.25, 0.3) is 0 Å². The van der Waals surface area contributed by atoms with Gasteiger partial charge in [0.2, 0.25) is 0 Å². The molecule has 0 radical (unpaired) electrons. The zero-order chi connectivity index (χ0) is 8.77. The zero-order valence-electron chi connectivity index (χ0n) is 7.33. The molecule has 0 amide bonds. The molecule has 2 rings (SSSR count). The molecule has 1 saturated carbocycles. The summed E-state index contributed by atoms with van der Waals surface area (Å²) in [6.45, 7) is 1.76. The van der Waals surface area contributed by atoms with Gasteiger partial charge in [-0.15, -0.1) is 6.42 Å². The van der Waals surface area contributed by atoms with Crippen LogP contribution in [0.15, 0.2) is 12.2 Å². The van der Waals surface area contributed by atoms with E-state index in [0.29, 0.717) is 11.8 Å². The molecule has 2 bridgehead atoms. The Morgan fingerprint density at radius 1 is 1.50 bits per heavy atom. The molecule has 0 aliphatic heterocycles. The van der Waals surface area contributed by atoms with Crippen LogP contribution >= 0.6 is 0 Å². The summed E-state index contributed by atoms with van der Waals surface area (Å²) >= 11 is 0. The molecule has 1 nitrogen and oxygen atoms in total. The Hall–Kier alpha value is -0.740. The Morgan fingerprint density at radius 2 is 2.25 bits per heavy atom. The number of rotatable bonds is 1. The van der Waals surface area contributed by atoms with Crippen LogP contribution in [-0.4, -0.2) is 10.7 Å². The standard InChI is InChI=1S/C11H14O/c1-3-11(2,12)10-7-8-4-5-9(10)6-8/h1,4-5,8-10,12H,6-7H2,2H3/t8-,9+,10-,11-/m0/s1. The lowest BCUT2D eigenvalue weighted by Gasteiger charge is -2.29. The lowest BCUT2D eigenvalue weighted by molar-refractivity contribution is 0.0434. The lowest BCUT2D eigenvalue weighted by atomic mass is 9.80. The molecule has 0 aromatic rings. The van der Waals surface area contributed by atoms with E-state index in [4.69, 9.17) is 6.42 Å². The molecule has 0 saturated heterocycles. The van der Waals surface area contributed by atoms with Gasteiger partial charge in [0.25, 0.3) is 0 Å². The lowest BCUT2D eigenvalue weighted by Crippen LogP contribution is -2.35. The van der Waals surface area contributed by atoms with Crippen LogP contribution in [0.1, 0.15) is 19.8 Å². The largest absolute Gasteiger partial charge is 0.378 e. The van der Waals surface area contributed by atoms with Crippen molar-refractivity contribution in [1.29, 1.82) is 0 Å². The first-order chi connectivity index (χ1) is 5.63. The highest BCUT2D eigenvalue weighted by atomic mass is 16.3. The van der Waals surface area contributed by atoms with Crippen LogP contribution in [0.4, 0.5) is 0 Å². The topological polar surface area (TPSA) is 20.2 Å². The second-order valence-electron chi connectivity index (χ2n) is 4.18. The first-order valence-electron chi connectivity index (χ1n) is 4.52. The number of aliphatic hydroxyl groups is 1. The summed E-state index contributed by atoms with van der Waals surface area (Å²) in [5.41, 5.74) is -0.899. The van der Waals surface area contributed by atoms with Crippen molar-refractivity contribution in [1.82, 2.24) is 0 Å². The van der Waals surface area contributed by atoms with Crippen LogP contribution in [0, 0.1) is 30.1 Å². The van der Waals surface area contributed by atoms with E-state index in [9.17, 15) is 5.11 Å². The molecule has 2 aliphatic carbocycles. The van der Waals surface area contributed by atoms with E-state index in [2.05, 4.69) is 18.1 Å². The maximum atomic E-state index is 9.88.